The number of carbonyl (C=O) groups excluding carboxylic acids is 2. The number of imide groups is 1. The molecule has 0 fully saturated rings. The molecule has 2 N–H and O–H groups in total. The van der Waals surface area contributed by atoms with Crippen molar-refractivity contribution >= 4 is 29.4 Å². The first-order valence-electron chi connectivity index (χ1n) is 11.9. The Balaban J connectivity index is 0.00000235. The maximum absolute atomic E-state index is 13.4. The Morgan fingerprint density at radius 1 is 1.05 bits per heavy atom. The predicted molar refractivity (Wildman–Crippen MR) is 149 cm³/mol. The Kier molecular flexibility index (Phi) is 11.5. The molecule has 7 heteroatoms. The van der Waals surface area contributed by atoms with E-state index >= 15 is 0 Å². The summed E-state index contributed by atoms with van der Waals surface area (Å²) in [4.78, 5) is 26.8. The average Bonchev–Trinajstić information content (AvgIpc) is 3.41. The molecule has 6 nitrogen and oxygen atoms in total. The lowest BCUT2D eigenvalue weighted by molar-refractivity contribution is -0.134. The van der Waals surface area contributed by atoms with Gasteiger partial charge in [0.25, 0.3) is 5.91 Å². The number of carbonyl (C=O) groups is 2. The van der Waals surface area contributed by atoms with Gasteiger partial charge in [0.15, 0.2) is 0 Å². The quantitative estimate of drug-likeness (QED) is 0.175. The fourth-order valence-electron chi connectivity index (χ4n) is 3.37. The van der Waals surface area contributed by atoms with Gasteiger partial charge in [0.05, 0.1) is 4.90 Å². The summed E-state index contributed by atoms with van der Waals surface area (Å²) in [7, 11) is -1.56. The minimum atomic E-state index is -1.56. The number of amides is 2. The molecule has 1 atom stereocenters. The molecule has 192 valence electrons. The van der Waals surface area contributed by atoms with Crippen molar-refractivity contribution in [2.24, 2.45) is 5.14 Å². The molecule has 2 aromatic carbocycles. The van der Waals surface area contributed by atoms with Crippen molar-refractivity contribution in [3.05, 3.63) is 94.8 Å². The smallest absolute Gasteiger partial charge is 0.260 e. The van der Waals surface area contributed by atoms with E-state index in [9.17, 15) is 13.8 Å². The van der Waals surface area contributed by atoms with Crippen molar-refractivity contribution in [3.63, 3.8) is 0 Å². The fraction of sp³-hybridized carbons (Fsp3) is 0.200. The molecule has 2 amide bonds. The minimum Gasteiger partial charge on any atom is -0.457 e. The van der Waals surface area contributed by atoms with Crippen LogP contribution in [0.5, 0.6) is 0 Å². The van der Waals surface area contributed by atoms with E-state index in [1.54, 1.807) is 56.3 Å². The maximum atomic E-state index is 13.4. The van der Waals surface area contributed by atoms with E-state index in [2.05, 4.69) is 5.92 Å². The van der Waals surface area contributed by atoms with Gasteiger partial charge in [0.2, 0.25) is 6.41 Å². The molecule has 0 aliphatic carbocycles. The summed E-state index contributed by atoms with van der Waals surface area (Å²) in [6.45, 7) is 7.71. The van der Waals surface area contributed by atoms with E-state index in [0.717, 1.165) is 16.0 Å². The van der Waals surface area contributed by atoms with Crippen LogP contribution in [0.4, 0.5) is 0 Å². The number of benzene rings is 2. The second-order valence-electron chi connectivity index (χ2n) is 7.82. The summed E-state index contributed by atoms with van der Waals surface area (Å²) in [5, 5.41) is 5.41. The van der Waals surface area contributed by atoms with Crippen LogP contribution in [0.25, 0.3) is 17.4 Å². The Bertz CT molecular complexity index is 1330. The SMILES string of the molecule is C#C/C(C)=C(C)/C(=C\c1ccc(-c2ccc(S(N)=O)cc2)o1)C(=O)N(C=O)CCc1ccccc1.CC. The number of hydrogen-bond donors (Lipinski definition) is 1. The minimum absolute atomic E-state index is 0.227. The highest BCUT2D eigenvalue weighted by Gasteiger charge is 2.21. The van der Waals surface area contributed by atoms with Crippen molar-refractivity contribution < 1.29 is 18.2 Å². The van der Waals surface area contributed by atoms with E-state index in [1.807, 2.05) is 44.2 Å². The van der Waals surface area contributed by atoms with Crippen molar-refractivity contribution in [2.75, 3.05) is 6.54 Å². The zero-order valence-electron chi connectivity index (χ0n) is 21.6. The van der Waals surface area contributed by atoms with Crippen molar-refractivity contribution in [2.45, 2.75) is 39.0 Å². The van der Waals surface area contributed by atoms with E-state index in [0.29, 0.717) is 40.4 Å². The van der Waals surface area contributed by atoms with E-state index in [-0.39, 0.29) is 12.1 Å². The van der Waals surface area contributed by atoms with Gasteiger partial charge < -0.3 is 4.42 Å². The third-order valence-electron chi connectivity index (χ3n) is 5.57. The molecule has 0 bridgehead atoms. The molecule has 3 aromatic rings. The van der Waals surface area contributed by atoms with E-state index in [1.165, 1.54) is 0 Å². The molecular weight excluding hydrogens is 484 g/mol. The summed E-state index contributed by atoms with van der Waals surface area (Å²) >= 11 is 0. The molecule has 0 radical (unpaired) electrons. The Morgan fingerprint density at radius 3 is 2.27 bits per heavy atom. The summed E-state index contributed by atoms with van der Waals surface area (Å²) in [5.74, 6) is 3.08. The number of allylic oxidation sites excluding steroid dienone is 1. The molecular formula is C30H32N2O4S. The highest BCUT2D eigenvalue weighted by Crippen LogP contribution is 2.26. The number of hydrogen-bond acceptors (Lipinski definition) is 4. The standard InChI is InChI=1S/C28H26N2O4S.C2H6/c1-4-20(2)21(3)26(28(32)30(19-31)17-16-22-8-6-5-7-9-22)18-24-12-15-27(34-24)23-10-13-25(14-11-23)35(29)33;1-2/h1,5-15,18-19H,16-17,29H2,2-3H3;1-2H3/b21-20+,26-18+;. The van der Waals surface area contributed by atoms with Gasteiger partial charge in [-0.1, -0.05) is 50.1 Å². The van der Waals surface area contributed by atoms with Crippen molar-refractivity contribution in [1.82, 2.24) is 4.90 Å². The highest BCUT2D eigenvalue weighted by molar-refractivity contribution is 7.82. The first-order chi connectivity index (χ1) is 17.8. The predicted octanol–water partition coefficient (Wildman–Crippen LogP) is 5.53. The number of furan rings is 1. The van der Waals surface area contributed by atoms with Gasteiger partial charge in [0, 0.05) is 23.3 Å². The van der Waals surface area contributed by atoms with Crippen LogP contribution in [0.1, 0.15) is 39.0 Å². The van der Waals surface area contributed by atoms with Crippen molar-refractivity contribution in [3.8, 4) is 23.7 Å². The first-order valence-corrected chi connectivity index (χ1v) is 13.1. The Labute approximate surface area is 221 Å². The summed E-state index contributed by atoms with van der Waals surface area (Å²) in [6, 6.07) is 19.9. The molecule has 0 spiro atoms. The van der Waals surface area contributed by atoms with Gasteiger partial charge in [-0.15, -0.1) is 6.42 Å². The monoisotopic (exact) mass is 516 g/mol. The largest absolute Gasteiger partial charge is 0.457 e. The van der Waals surface area contributed by atoms with Gasteiger partial charge in [-0.3, -0.25) is 14.5 Å². The number of terminal acetylenes is 1. The zero-order valence-corrected chi connectivity index (χ0v) is 22.4. The lowest BCUT2D eigenvalue weighted by Crippen LogP contribution is -2.33. The van der Waals surface area contributed by atoms with Crippen LogP contribution >= 0.6 is 0 Å². The summed E-state index contributed by atoms with van der Waals surface area (Å²) in [6.07, 6.45) is 8.23. The Hall–Kier alpha value is -3.99. The summed E-state index contributed by atoms with van der Waals surface area (Å²) < 4.78 is 17.4. The second kappa shape index (κ2) is 14.5. The molecule has 1 aromatic heterocycles. The molecule has 3 rings (SSSR count). The number of nitrogens with zero attached hydrogens (tertiary/aromatic N) is 1. The molecule has 0 aliphatic rings. The van der Waals surface area contributed by atoms with Gasteiger partial charge >= 0.3 is 0 Å². The zero-order chi connectivity index (χ0) is 27.4. The number of rotatable bonds is 9. The normalized spacial score (nSPS) is 12.4. The number of nitrogens with two attached hydrogens (primary N) is 1. The molecule has 0 saturated heterocycles. The molecule has 1 heterocycles. The molecule has 0 saturated carbocycles. The Morgan fingerprint density at radius 2 is 1.70 bits per heavy atom. The molecule has 1 unspecified atom stereocenters. The molecule has 37 heavy (non-hydrogen) atoms. The van der Waals surface area contributed by atoms with Crippen LogP contribution < -0.4 is 5.14 Å². The van der Waals surface area contributed by atoms with Gasteiger partial charge in [-0.2, -0.15) is 0 Å². The van der Waals surface area contributed by atoms with Crippen LogP contribution in [0.2, 0.25) is 0 Å². The highest BCUT2D eigenvalue weighted by atomic mass is 32.2. The third-order valence-corrected chi connectivity index (χ3v) is 6.31. The van der Waals surface area contributed by atoms with Gasteiger partial charge in [-0.05, 0) is 73.9 Å². The van der Waals surface area contributed by atoms with Crippen LogP contribution in [-0.4, -0.2) is 28.0 Å². The van der Waals surface area contributed by atoms with Crippen LogP contribution in [-0.2, 0) is 27.0 Å². The van der Waals surface area contributed by atoms with Crippen molar-refractivity contribution in [1.29, 1.82) is 0 Å². The average molecular weight is 517 g/mol. The lowest BCUT2D eigenvalue weighted by Gasteiger charge is -2.18. The topological polar surface area (TPSA) is 93.6 Å². The second-order valence-corrected chi connectivity index (χ2v) is 8.88. The lowest BCUT2D eigenvalue weighted by atomic mass is 10.00. The van der Waals surface area contributed by atoms with E-state index < -0.39 is 16.9 Å². The van der Waals surface area contributed by atoms with E-state index in [4.69, 9.17) is 16.0 Å². The fourth-order valence-corrected chi connectivity index (χ4v) is 3.78. The van der Waals surface area contributed by atoms with Crippen LogP contribution in [0.15, 0.2) is 92.8 Å². The van der Waals surface area contributed by atoms with Crippen LogP contribution in [0, 0.1) is 12.3 Å². The maximum Gasteiger partial charge on any atom is 0.260 e. The van der Waals surface area contributed by atoms with Gasteiger partial charge in [0.1, 0.15) is 22.5 Å². The van der Waals surface area contributed by atoms with Gasteiger partial charge in [-0.25, -0.2) is 9.35 Å². The first kappa shape index (κ1) is 29.2. The third kappa shape index (κ3) is 8.01. The summed E-state index contributed by atoms with van der Waals surface area (Å²) in [5.41, 5.74) is 3.21. The molecule has 0 aliphatic heterocycles. The van der Waals surface area contributed by atoms with Crippen LogP contribution in [0.3, 0.4) is 0 Å².